The first-order chi connectivity index (χ1) is 15.3. The zero-order valence-corrected chi connectivity index (χ0v) is 18.9. The fraction of sp³-hybridized carbons (Fsp3) is 0.333. The van der Waals surface area contributed by atoms with Gasteiger partial charge in [-0.3, -0.25) is 14.2 Å². The second kappa shape index (κ2) is 8.83. The van der Waals surface area contributed by atoms with Crippen molar-refractivity contribution in [1.29, 1.82) is 0 Å². The van der Waals surface area contributed by atoms with Crippen LogP contribution in [0.3, 0.4) is 0 Å². The summed E-state index contributed by atoms with van der Waals surface area (Å²) in [6.07, 6.45) is 1.58. The van der Waals surface area contributed by atoms with Crippen LogP contribution in [-0.4, -0.2) is 42.2 Å². The molecular formula is C21H21N3O6S2. The third-order valence-corrected chi connectivity index (χ3v) is 8.03. The van der Waals surface area contributed by atoms with Gasteiger partial charge < -0.3 is 10.1 Å². The van der Waals surface area contributed by atoms with Gasteiger partial charge in [0.25, 0.3) is 5.56 Å². The maximum Gasteiger partial charge on any atom is 0.341 e. The molecule has 0 spiro atoms. The number of aromatic nitrogens is 2. The highest BCUT2D eigenvalue weighted by atomic mass is 32.2. The number of benzene rings is 1. The van der Waals surface area contributed by atoms with E-state index in [1.165, 1.54) is 10.9 Å². The van der Waals surface area contributed by atoms with E-state index in [-0.39, 0.29) is 53.6 Å². The largest absolute Gasteiger partial charge is 0.462 e. The standard InChI is InChI=1S/C21H21N3O6S2/c1-2-30-21(27)18-14-8-10-32(28,29)11-16(14)31-19(18)23-17(25)7-9-24-12-22-15-6-4-3-5-13(15)20(24)26/h3-6,12H,2,7-11H2,1H3,(H,23,25). The van der Waals surface area contributed by atoms with Crippen LogP contribution in [0, 0.1) is 0 Å². The number of hydrogen-bond acceptors (Lipinski definition) is 8. The molecule has 1 aliphatic rings. The second-order valence-electron chi connectivity index (χ2n) is 7.33. The summed E-state index contributed by atoms with van der Waals surface area (Å²) < 4.78 is 30.5. The smallest absolute Gasteiger partial charge is 0.341 e. The molecule has 1 aliphatic heterocycles. The van der Waals surface area contributed by atoms with Crippen LogP contribution in [0.2, 0.25) is 0 Å². The van der Waals surface area contributed by atoms with Crippen molar-refractivity contribution in [3.8, 4) is 0 Å². The number of esters is 1. The molecule has 3 aromatic rings. The van der Waals surface area contributed by atoms with Gasteiger partial charge in [-0.25, -0.2) is 18.2 Å². The van der Waals surface area contributed by atoms with E-state index in [9.17, 15) is 22.8 Å². The number of sulfone groups is 1. The van der Waals surface area contributed by atoms with Crippen molar-refractivity contribution in [1.82, 2.24) is 9.55 Å². The Hall–Kier alpha value is -3.05. The third kappa shape index (κ3) is 4.44. The summed E-state index contributed by atoms with van der Waals surface area (Å²) in [5.41, 5.74) is 1.18. The molecule has 32 heavy (non-hydrogen) atoms. The van der Waals surface area contributed by atoms with Gasteiger partial charge in [0.05, 0.1) is 40.9 Å². The highest BCUT2D eigenvalue weighted by Crippen LogP contribution is 2.38. The average Bonchev–Trinajstić information content (AvgIpc) is 3.09. The molecule has 0 unspecified atom stereocenters. The number of thiophene rings is 1. The van der Waals surface area contributed by atoms with Gasteiger partial charge in [-0.05, 0) is 31.0 Å². The topological polar surface area (TPSA) is 124 Å². The molecule has 2 aromatic heterocycles. The first-order valence-corrected chi connectivity index (χ1v) is 12.7. The number of aryl methyl sites for hydroxylation is 1. The summed E-state index contributed by atoms with van der Waals surface area (Å²) in [6, 6.07) is 6.96. The minimum atomic E-state index is -3.23. The number of hydrogen-bond donors (Lipinski definition) is 1. The lowest BCUT2D eigenvalue weighted by molar-refractivity contribution is -0.116. The Kier molecular flexibility index (Phi) is 6.11. The Morgan fingerprint density at radius 3 is 2.84 bits per heavy atom. The summed E-state index contributed by atoms with van der Waals surface area (Å²) in [6.45, 7) is 1.94. The Morgan fingerprint density at radius 2 is 2.06 bits per heavy atom. The maximum absolute atomic E-state index is 12.6. The van der Waals surface area contributed by atoms with Gasteiger partial charge in [0, 0.05) is 17.8 Å². The maximum atomic E-state index is 12.6. The van der Waals surface area contributed by atoms with Gasteiger partial charge >= 0.3 is 5.97 Å². The van der Waals surface area contributed by atoms with Crippen LogP contribution in [0.15, 0.2) is 35.4 Å². The van der Waals surface area contributed by atoms with Crippen molar-refractivity contribution in [3.63, 3.8) is 0 Å². The van der Waals surface area contributed by atoms with Crippen molar-refractivity contribution < 1.29 is 22.7 Å². The van der Waals surface area contributed by atoms with Gasteiger partial charge in [0.15, 0.2) is 9.84 Å². The number of fused-ring (bicyclic) bond motifs is 2. The molecule has 1 aromatic carbocycles. The molecule has 9 nitrogen and oxygen atoms in total. The number of ether oxygens (including phenoxy) is 1. The van der Waals surface area contributed by atoms with E-state index in [1.807, 2.05) is 0 Å². The van der Waals surface area contributed by atoms with Gasteiger partial charge in [-0.2, -0.15) is 0 Å². The van der Waals surface area contributed by atoms with Crippen molar-refractivity contribution in [2.45, 2.75) is 32.1 Å². The quantitative estimate of drug-likeness (QED) is 0.542. The van der Waals surface area contributed by atoms with E-state index in [2.05, 4.69) is 10.3 Å². The molecule has 168 valence electrons. The van der Waals surface area contributed by atoms with E-state index in [4.69, 9.17) is 4.74 Å². The molecule has 1 N–H and O–H groups in total. The normalized spacial score (nSPS) is 14.7. The van der Waals surface area contributed by atoms with Crippen molar-refractivity contribution >= 4 is 49.0 Å². The van der Waals surface area contributed by atoms with Crippen LogP contribution in [0.4, 0.5) is 5.00 Å². The van der Waals surface area contributed by atoms with Crippen LogP contribution in [0.25, 0.3) is 10.9 Å². The molecule has 3 heterocycles. The molecular weight excluding hydrogens is 454 g/mol. The highest BCUT2D eigenvalue weighted by molar-refractivity contribution is 7.90. The van der Waals surface area contributed by atoms with Crippen LogP contribution >= 0.6 is 11.3 Å². The molecule has 0 radical (unpaired) electrons. The molecule has 0 aliphatic carbocycles. The van der Waals surface area contributed by atoms with Crippen LogP contribution in [0.5, 0.6) is 0 Å². The van der Waals surface area contributed by atoms with E-state index >= 15 is 0 Å². The Labute approximate surface area is 188 Å². The molecule has 0 atom stereocenters. The monoisotopic (exact) mass is 475 g/mol. The van der Waals surface area contributed by atoms with Crippen LogP contribution in [-0.2, 0) is 38.1 Å². The molecule has 1 amide bonds. The number of nitrogens with one attached hydrogen (secondary N) is 1. The summed E-state index contributed by atoms with van der Waals surface area (Å²) in [5, 5.41) is 3.45. The van der Waals surface area contributed by atoms with Crippen molar-refractivity contribution in [2.75, 3.05) is 17.7 Å². The predicted molar refractivity (Wildman–Crippen MR) is 121 cm³/mol. The molecule has 0 fully saturated rings. The summed E-state index contributed by atoms with van der Waals surface area (Å²) >= 11 is 1.08. The zero-order chi connectivity index (χ0) is 22.9. The molecule has 4 rings (SSSR count). The third-order valence-electron chi connectivity index (χ3n) is 5.15. The zero-order valence-electron chi connectivity index (χ0n) is 17.3. The Bertz CT molecular complexity index is 1370. The predicted octanol–water partition coefficient (Wildman–Crippen LogP) is 2.13. The van der Waals surface area contributed by atoms with Gasteiger partial charge in [-0.1, -0.05) is 12.1 Å². The lowest BCUT2D eigenvalue weighted by atomic mass is 10.1. The minimum Gasteiger partial charge on any atom is -0.462 e. The number of nitrogens with zero attached hydrogens (tertiary/aromatic N) is 2. The molecule has 0 saturated carbocycles. The summed E-state index contributed by atoms with van der Waals surface area (Å²) in [7, 11) is -3.23. The highest BCUT2D eigenvalue weighted by Gasteiger charge is 2.32. The first-order valence-electron chi connectivity index (χ1n) is 10.0. The van der Waals surface area contributed by atoms with E-state index in [1.54, 1.807) is 31.2 Å². The number of amides is 1. The molecule has 11 heteroatoms. The SMILES string of the molecule is CCOC(=O)c1c(NC(=O)CCn2cnc3ccccc3c2=O)sc2c1CCS(=O)(=O)C2. The average molecular weight is 476 g/mol. The number of carbonyl (C=O) groups is 2. The van der Waals surface area contributed by atoms with E-state index in [0.717, 1.165) is 11.3 Å². The minimum absolute atomic E-state index is 0.0247. The molecule has 0 bridgehead atoms. The second-order valence-corrected chi connectivity index (χ2v) is 10.6. The number of para-hydroxylation sites is 1. The van der Waals surface area contributed by atoms with Crippen LogP contribution < -0.4 is 10.9 Å². The number of anilines is 1. The van der Waals surface area contributed by atoms with Gasteiger partial charge in [0.2, 0.25) is 5.91 Å². The fourth-order valence-corrected chi connectivity index (χ4v) is 6.66. The Balaban J connectivity index is 1.54. The first kappa shape index (κ1) is 22.2. The number of carbonyl (C=O) groups excluding carboxylic acids is 2. The van der Waals surface area contributed by atoms with Gasteiger partial charge in [0.1, 0.15) is 5.00 Å². The lowest BCUT2D eigenvalue weighted by Crippen LogP contribution is -2.24. The number of rotatable bonds is 6. The van der Waals surface area contributed by atoms with Crippen LogP contribution in [0.1, 0.15) is 34.1 Å². The van der Waals surface area contributed by atoms with Crippen molar-refractivity contribution in [3.05, 3.63) is 57.0 Å². The Morgan fingerprint density at radius 1 is 1.28 bits per heavy atom. The summed E-state index contributed by atoms with van der Waals surface area (Å²) in [5.74, 6) is -1.20. The molecule has 0 saturated heterocycles. The van der Waals surface area contributed by atoms with Gasteiger partial charge in [-0.15, -0.1) is 11.3 Å². The lowest BCUT2D eigenvalue weighted by Gasteiger charge is -2.13. The summed E-state index contributed by atoms with van der Waals surface area (Å²) in [4.78, 5) is 42.5. The van der Waals surface area contributed by atoms with E-state index in [0.29, 0.717) is 21.3 Å². The van der Waals surface area contributed by atoms with Crippen molar-refractivity contribution in [2.24, 2.45) is 0 Å². The fourth-order valence-electron chi connectivity index (χ4n) is 3.61. The van der Waals surface area contributed by atoms with E-state index < -0.39 is 21.7 Å².